The Balaban J connectivity index is 1.56. The van der Waals surface area contributed by atoms with E-state index in [0.717, 1.165) is 5.56 Å². The Morgan fingerprint density at radius 3 is 2.67 bits per heavy atom. The number of rotatable bonds is 6. The number of aromatic hydroxyl groups is 1. The van der Waals surface area contributed by atoms with Crippen LogP contribution in [0.1, 0.15) is 11.4 Å². The van der Waals surface area contributed by atoms with Crippen LogP contribution < -0.4 is 16.0 Å². The molecule has 0 fully saturated rings. The van der Waals surface area contributed by atoms with Crippen LogP contribution in [0.4, 0.5) is 5.82 Å². The molecule has 200 valence electrons. The predicted octanol–water partition coefficient (Wildman–Crippen LogP) is 5.01. The molecule has 6 rings (SSSR count). The highest BCUT2D eigenvalue weighted by molar-refractivity contribution is 9.10. The first-order valence-corrected chi connectivity index (χ1v) is 13.3. The lowest BCUT2D eigenvalue weighted by Gasteiger charge is -2.15. The quantitative estimate of drug-likeness (QED) is 0.266. The Hall–Kier alpha value is -4.48. The van der Waals surface area contributed by atoms with Gasteiger partial charge in [-0.2, -0.15) is 5.10 Å². The number of fused-ring (bicyclic) bond motifs is 2. The van der Waals surface area contributed by atoms with Crippen LogP contribution in [0.25, 0.3) is 33.2 Å². The molecule has 0 aliphatic heterocycles. The molecule has 0 saturated heterocycles. The molecule has 0 atom stereocenters. The van der Waals surface area contributed by atoms with Gasteiger partial charge in [-0.25, -0.2) is 19.6 Å². The molecule has 0 unspecified atom stereocenters. The third-order valence-electron chi connectivity index (χ3n) is 6.60. The predicted molar refractivity (Wildman–Crippen MR) is 157 cm³/mol. The first kappa shape index (κ1) is 25.8. The fourth-order valence-corrected chi connectivity index (χ4v) is 5.37. The number of nitrogens with two attached hydrogens (primary N) is 1. The van der Waals surface area contributed by atoms with Gasteiger partial charge in [0.2, 0.25) is 0 Å². The maximum absolute atomic E-state index is 13.9. The largest absolute Gasteiger partial charge is 0.504 e. The highest BCUT2D eigenvalue weighted by Crippen LogP contribution is 2.35. The number of phenolic OH excluding ortho intramolecular Hbond substituents is 1. The van der Waals surface area contributed by atoms with Crippen LogP contribution in [0.15, 0.2) is 76.3 Å². The van der Waals surface area contributed by atoms with E-state index in [-0.39, 0.29) is 36.0 Å². The van der Waals surface area contributed by atoms with Crippen LogP contribution in [-0.2, 0) is 13.1 Å². The minimum absolute atomic E-state index is 0.00526. The van der Waals surface area contributed by atoms with Crippen molar-refractivity contribution >= 4 is 55.3 Å². The summed E-state index contributed by atoms with van der Waals surface area (Å²) >= 11 is 9.97. The molecule has 3 aromatic carbocycles. The molecule has 6 aromatic rings. The van der Waals surface area contributed by atoms with Crippen LogP contribution in [0.3, 0.4) is 0 Å². The fraction of sp³-hybridized carbons (Fsp3) is 0.107. The van der Waals surface area contributed by atoms with Crippen molar-refractivity contribution in [3.63, 3.8) is 0 Å². The number of aromatic nitrogens is 6. The number of nitrogen functional groups attached to an aromatic ring is 1. The molecule has 0 amide bonds. The van der Waals surface area contributed by atoms with Crippen LogP contribution in [0, 0.1) is 0 Å². The van der Waals surface area contributed by atoms with Crippen LogP contribution in [-0.4, -0.2) is 41.5 Å². The van der Waals surface area contributed by atoms with E-state index in [9.17, 15) is 9.90 Å². The Morgan fingerprint density at radius 2 is 1.88 bits per heavy atom. The third kappa shape index (κ3) is 4.42. The van der Waals surface area contributed by atoms with Gasteiger partial charge < -0.3 is 15.6 Å². The molecule has 0 radical (unpaired) electrons. The molecule has 0 spiro atoms. The van der Waals surface area contributed by atoms with Crippen molar-refractivity contribution in [3.8, 4) is 22.8 Å². The zero-order chi connectivity index (χ0) is 28.0. The summed E-state index contributed by atoms with van der Waals surface area (Å²) in [4.78, 5) is 27.3. The van der Waals surface area contributed by atoms with Gasteiger partial charge in [-0.05, 0) is 57.9 Å². The second-order valence-electron chi connectivity index (χ2n) is 9.00. The maximum Gasteiger partial charge on any atom is 0.262 e. The van der Waals surface area contributed by atoms with E-state index in [0.29, 0.717) is 48.5 Å². The molecule has 10 nitrogen and oxygen atoms in total. The monoisotopic (exact) mass is 617 g/mol. The Labute approximate surface area is 240 Å². The molecule has 40 heavy (non-hydrogen) atoms. The van der Waals surface area contributed by atoms with Gasteiger partial charge >= 0.3 is 0 Å². The van der Waals surface area contributed by atoms with Crippen molar-refractivity contribution in [1.29, 1.82) is 0 Å². The van der Waals surface area contributed by atoms with Crippen molar-refractivity contribution < 1.29 is 9.84 Å². The van der Waals surface area contributed by atoms with Crippen molar-refractivity contribution in [3.05, 3.63) is 98.2 Å². The number of methoxy groups -OCH3 is 1. The molecular formula is C28H21BrClN7O3. The fourth-order valence-electron chi connectivity index (χ4n) is 4.65. The summed E-state index contributed by atoms with van der Waals surface area (Å²) in [6, 6.07) is 17.7. The lowest BCUT2D eigenvalue weighted by atomic mass is 10.1. The van der Waals surface area contributed by atoms with Crippen molar-refractivity contribution in [2.24, 2.45) is 0 Å². The summed E-state index contributed by atoms with van der Waals surface area (Å²) < 4.78 is 9.16. The van der Waals surface area contributed by atoms with E-state index in [1.54, 1.807) is 33.5 Å². The molecule has 0 aliphatic carbocycles. The van der Waals surface area contributed by atoms with Gasteiger partial charge in [-0.1, -0.05) is 35.9 Å². The van der Waals surface area contributed by atoms with Crippen molar-refractivity contribution in [2.45, 2.75) is 13.1 Å². The summed E-state index contributed by atoms with van der Waals surface area (Å²) in [5.41, 5.74) is 8.98. The Morgan fingerprint density at radius 1 is 1.05 bits per heavy atom. The number of anilines is 1. The number of phenols is 1. The zero-order valence-corrected chi connectivity index (χ0v) is 23.4. The summed E-state index contributed by atoms with van der Waals surface area (Å²) in [5.74, 6) is 0.967. The number of hydrogen-bond donors (Lipinski definition) is 2. The van der Waals surface area contributed by atoms with Crippen LogP contribution >= 0.6 is 27.5 Å². The lowest BCUT2D eigenvalue weighted by molar-refractivity contribution is 0.373. The van der Waals surface area contributed by atoms with Crippen molar-refractivity contribution in [2.75, 3.05) is 12.8 Å². The second-order valence-corrected chi connectivity index (χ2v) is 10.3. The number of ether oxygens (including phenoxy) is 1. The molecule has 3 N–H and O–H groups in total. The highest BCUT2D eigenvalue weighted by Gasteiger charge is 2.21. The normalized spacial score (nSPS) is 11.4. The van der Waals surface area contributed by atoms with Gasteiger partial charge in [0, 0.05) is 15.1 Å². The molecule has 0 bridgehead atoms. The molecule has 0 saturated carbocycles. The van der Waals surface area contributed by atoms with E-state index in [4.69, 9.17) is 32.2 Å². The highest BCUT2D eigenvalue weighted by atomic mass is 79.9. The van der Waals surface area contributed by atoms with Gasteiger partial charge in [-0.15, -0.1) is 0 Å². The average molecular weight is 619 g/mol. The van der Waals surface area contributed by atoms with E-state index in [2.05, 4.69) is 25.9 Å². The number of nitrogens with zero attached hydrogens (tertiary/aromatic N) is 6. The minimum atomic E-state index is -0.221. The van der Waals surface area contributed by atoms with Crippen LogP contribution in [0.5, 0.6) is 11.5 Å². The van der Waals surface area contributed by atoms with Crippen LogP contribution in [0.2, 0.25) is 5.02 Å². The first-order valence-electron chi connectivity index (χ1n) is 12.1. The van der Waals surface area contributed by atoms with Gasteiger partial charge in [0.05, 0.1) is 29.9 Å². The summed E-state index contributed by atoms with van der Waals surface area (Å²) in [6.07, 6.45) is 1.36. The summed E-state index contributed by atoms with van der Waals surface area (Å²) in [7, 11) is 1.47. The SMILES string of the molecule is COc1cc(-c2nn(Cc3nc4cccc(Br)c4c(=O)n3Cc3ccccc3Cl)c3ncnc(N)c23)ccc1O. The number of hydrogen-bond acceptors (Lipinski definition) is 8. The lowest BCUT2D eigenvalue weighted by Crippen LogP contribution is -2.28. The smallest absolute Gasteiger partial charge is 0.262 e. The van der Waals surface area contributed by atoms with Gasteiger partial charge in [-0.3, -0.25) is 9.36 Å². The summed E-state index contributed by atoms with van der Waals surface area (Å²) in [5, 5.41) is 16.5. The molecule has 0 aliphatic rings. The number of benzene rings is 3. The minimum Gasteiger partial charge on any atom is -0.504 e. The average Bonchev–Trinajstić information content (AvgIpc) is 3.31. The van der Waals surface area contributed by atoms with E-state index in [1.165, 1.54) is 19.5 Å². The van der Waals surface area contributed by atoms with Gasteiger partial charge in [0.25, 0.3) is 5.56 Å². The molecular weight excluding hydrogens is 598 g/mol. The van der Waals surface area contributed by atoms with E-state index < -0.39 is 0 Å². The number of halogens is 2. The first-order chi connectivity index (χ1) is 19.4. The molecule has 3 aromatic heterocycles. The topological polar surface area (TPSA) is 134 Å². The molecule has 3 heterocycles. The standard InChI is InChI=1S/C28H21BrClN7O3/c1-40-21-11-15(9-10-20(21)38)25-24-26(31)32-14-33-27(24)37(35-25)13-22-34-19-8-4-6-17(29)23(19)28(39)36(22)12-16-5-2-3-7-18(16)30/h2-11,14,38H,12-13H2,1H3,(H2,31,32,33). The van der Waals surface area contributed by atoms with Crippen molar-refractivity contribution in [1.82, 2.24) is 29.3 Å². The van der Waals surface area contributed by atoms with Gasteiger partial charge in [0.1, 0.15) is 30.2 Å². The van der Waals surface area contributed by atoms with E-state index >= 15 is 0 Å². The zero-order valence-electron chi connectivity index (χ0n) is 21.0. The third-order valence-corrected chi connectivity index (χ3v) is 7.63. The van der Waals surface area contributed by atoms with Gasteiger partial charge in [0.15, 0.2) is 17.1 Å². The molecule has 12 heteroatoms. The second kappa shape index (κ2) is 10.2. The Kier molecular flexibility index (Phi) is 6.60. The summed E-state index contributed by atoms with van der Waals surface area (Å²) in [6.45, 7) is 0.306. The van der Waals surface area contributed by atoms with E-state index in [1.807, 2.05) is 30.3 Å². The maximum atomic E-state index is 13.9. The Bertz CT molecular complexity index is 1990.